The molecule has 4 fully saturated rings. The Morgan fingerprint density at radius 2 is 1.83 bits per heavy atom. The highest BCUT2D eigenvalue weighted by Crippen LogP contribution is 2.66. The number of carbonyl (C=O) groups excluding carboxylic acids is 1. The predicted molar refractivity (Wildman–Crippen MR) is 91.9 cm³/mol. The largest absolute Gasteiger partial charge is 0.462 e. The number of esters is 1. The lowest BCUT2D eigenvalue weighted by Gasteiger charge is -2.61. The summed E-state index contributed by atoms with van der Waals surface area (Å²) in [4.78, 5) is 11.8. The van der Waals surface area contributed by atoms with Crippen LogP contribution in [0.4, 0.5) is 0 Å². The molecule has 23 heavy (non-hydrogen) atoms. The highest BCUT2D eigenvalue weighted by molar-refractivity contribution is 5.66. The van der Waals surface area contributed by atoms with E-state index < -0.39 is 0 Å². The van der Waals surface area contributed by atoms with E-state index in [1.165, 1.54) is 57.8 Å². The van der Waals surface area contributed by atoms with Crippen LogP contribution in [0.15, 0.2) is 0 Å². The summed E-state index contributed by atoms with van der Waals surface area (Å²) in [6, 6.07) is 0. The number of hydrogen-bond donors (Lipinski definition) is 0. The van der Waals surface area contributed by atoms with Crippen molar-refractivity contribution in [1.29, 1.82) is 0 Å². The third kappa shape index (κ3) is 2.38. The van der Waals surface area contributed by atoms with E-state index in [2.05, 4.69) is 13.8 Å². The smallest absolute Gasteiger partial charge is 0.302 e. The zero-order chi connectivity index (χ0) is 16.2. The Morgan fingerprint density at radius 3 is 2.61 bits per heavy atom. The van der Waals surface area contributed by atoms with E-state index >= 15 is 0 Å². The fraction of sp³-hybridized carbons (Fsp3) is 0.952. The second-order valence-electron chi connectivity index (χ2n) is 9.72. The molecule has 0 radical (unpaired) electrons. The highest BCUT2D eigenvalue weighted by atomic mass is 16.5. The van der Waals surface area contributed by atoms with Gasteiger partial charge in [-0.2, -0.15) is 0 Å². The van der Waals surface area contributed by atoms with Gasteiger partial charge in [0.25, 0.3) is 0 Å². The predicted octanol–water partition coefficient (Wildman–Crippen LogP) is 5.35. The van der Waals surface area contributed by atoms with E-state index in [9.17, 15) is 4.79 Å². The third-order valence-electron chi connectivity index (χ3n) is 8.58. The standard InChI is InChI=1S/C21H34O2/c1-14(22)23-18-13-20(2)11-6-8-17(20)16-10-9-15-7-4-5-12-21(15,3)19(16)18/h15-19H,4-13H2,1-3H3/t15-,16+,17-,18-,19-,20+,21-/m1/s1. The molecular weight excluding hydrogens is 284 g/mol. The highest BCUT2D eigenvalue weighted by Gasteiger charge is 2.61. The molecule has 0 bridgehead atoms. The topological polar surface area (TPSA) is 26.3 Å². The van der Waals surface area contributed by atoms with Gasteiger partial charge in [0.1, 0.15) is 6.10 Å². The molecule has 0 saturated heterocycles. The quantitative estimate of drug-likeness (QED) is 0.609. The Kier molecular flexibility index (Phi) is 3.81. The Labute approximate surface area is 141 Å². The summed E-state index contributed by atoms with van der Waals surface area (Å²) in [6.07, 6.45) is 13.8. The van der Waals surface area contributed by atoms with Crippen molar-refractivity contribution in [2.45, 2.75) is 91.1 Å². The van der Waals surface area contributed by atoms with Crippen LogP contribution in [0, 0.1) is 34.5 Å². The molecule has 0 unspecified atom stereocenters. The molecule has 4 saturated carbocycles. The van der Waals surface area contributed by atoms with Crippen LogP contribution in [-0.4, -0.2) is 12.1 Å². The first kappa shape index (κ1) is 16.0. The van der Waals surface area contributed by atoms with Gasteiger partial charge in [0, 0.05) is 12.8 Å². The van der Waals surface area contributed by atoms with Crippen molar-refractivity contribution in [3.8, 4) is 0 Å². The van der Waals surface area contributed by atoms with E-state index in [0.29, 0.717) is 16.7 Å². The van der Waals surface area contributed by atoms with Crippen molar-refractivity contribution in [3.63, 3.8) is 0 Å². The SMILES string of the molecule is CC(=O)O[C@@H]1C[C@]2(C)CCC[C@@H]2[C@@H]2CC[C@H]3CCCC[C@@]3(C)[C@H]21. The summed E-state index contributed by atoms with van der Waals surface area (Å²) in [5.74, 6) is 3.14. The molecule has 2 nitrogen and oxygen atoms in total. The summed E-state index contributed by atoms with van der Waals surface area (Å²) < 4.78 is 6.01. The van der Waals surface area contributed by atoms with E-state index in [1.807, 2.05) is 0 Å². The number of fused-ring (bicyclic) bond motifs is 5. The first-order valence-corrected chi connectivity index (χ1v) is 10.1. The van der Waals surface area contributed by atoms with Gasteiger partial charge in [-0.05, 0) is 73.5 Å². The van der Waals surface area contributed by atoms with Crippen LogP contribution in [0.2, 0.25) is 0 Å². The molecule has 4 aliphatic carbocycles. The van der Waals surface area contributed by atoms with Crippen LogP contribution in [0.25, 0.3) is 0 Å². The van der Waals surface area contributed by atoms with E-state index in [4.69, 9.17) is 4.74 Å². The molecule has 4 rings (SSSR count). The Balaban J connectivity index is 1.71. The minimum Gasteiger partial charge on any atom is -0.462 e. The van der Waals surface area contributed by atoms with E-state index in [0.717, 1.165) is 24.2 Å². The van der Waals surface area contributed by atoms with Gasteiger partial charge < -0.3 is 4.74 Å². The van der Waals surface area contributed by atoms with Gasteiger partial charge in [0.2, 0.25) is 0 Å². The number of rotatable bonds is 1. The number of ether oxygens (including phenoxy) is 1. The molecule has 0 N–H and O–H groups in total. The zero-order valence-electron chi connectivity index (χ0n) is 15.3. The molecular formula is C21H34O2. The second-order valence-corrected chi connectivity index (χ2v) is 9.72. The molecule has 130 valence electrons. The molecule has 0 heterocycles. The molecule has 0 aromatic heterocycles. The van der Waals surface area contributed by atoms with Crippen LogP contribution in [0.3, 0.4) is 0 Å². The Bertz CT molecular complexity index is 486. The molecule has 0 aromatic rings. The molecule has 0 aromatic carbocycles. The first-order valence-electron chi connectivity index (χ1n) is 10.1. The van der Waals surface area contributed by atoms with Gasteiger partial charge >= 0.3 is 5.97 Å². The average molecular weight is 319 g/mol. The number of carbonyl (C=O) groups is 1. The van der Waals surface area contributed by atoms with Gasteiger partial charge in [0.05, 0.1) is 0 Å². The lowest BCUT2D eigenvalue weighted by atomic mass is 9.44. The Hall–Kier alpha value is -0.530. The second kappa shape index (κ2) is 5.49. The van der Waals surface area contributed by atoms with Crippen LogP contribution in [-0.2, 0) is 9.53 Å². The van der Waals surface area contributed by atoms with Crippen molar-refractivity contribution >= 4 is 5.97 Å². The van der Waals surface area contributed by atoms with E-state index in [-0.39, 0.29) is 12.1 Å². The van der Waals surface area contributed by atoms with Crippen LogP contribution >= 0.6 is 0 Å². The fourth-order valence-electron chi connectivity index (χ4n) is 7.72. The van der Waals surface area contributed by atoms with Gasteiger partial charge in [0.15, 0.2) is 0 Å². The summed E-state index contributed by atoms with van der Waals surface area (Å²) in [5.41, 5.74) is 0.852. The van der Waals surface area contributed by atoms with E-state index in [1.54, 1.807) is 6.92 Å². The molecule has 0 aliphatic heterocycles. The lowest BCUT2D eigenvalue weighted by molar-refractivity contribution is -0.189. The Morgan fingerprint density at radius 1 is 1.00 bits per heavy atom. The summed E-state index contributed by atoms with van der Waals surface area (Å²) in [7, 11) is 0. The normalized spacial score (nSPS) is 52.2. The van der Waals surface area contributed by atoms with Crippen LogP contribution < -0.4 is 0 Å². The zero-order valence-corrected chi connectivity index (χ0v) is 15.3. The van der Waals surface area contributed by atoms with Crippen molar-refractivity contribution in [1.82, 2.24) is 0 Å². The van der Waals surface area contributed by atoms with Gasteiger partial charge in [-0.15, -0.1) is 0 Å². The lowest BCUT2D eigenvalue weighted by Crippen LogP contribution is -2.58. The average Bonchev–Trinajstić information content (AvgIpc) is 2.86. The minimum absolute atomic E-state index is 0.0599. The van der Waals surface area contributed by atoms with Crippen molar-refractivity contribution < 1.29 is 9.53 Å². The minimum atomic E-state index is -0.0599. The molecule has 2 heteroatoms. The summed E-state index contributed by atoms with van der Waals surface area (Å²) >= 11 is 0. The summed E-state index contributed by atoms with van der Waals surface area (Å²) in [5, 5.41) is 0. The summed E-state index contributed by atoms with van der Waals surface area (Å²) in [6.45, 7) is 6.66. The number of hydrogen-bond acceptors (Lipinski definition) is 2. The fourth-order valence-corrected chi connectivity index (χ4v) is 7.72. The van der Waals surface area contributed by atoms with Crippen molar-refractivity contribution in [2.75, 3.05) is 0 Å². The van der Waals surface area contributed by atoms with Crippen LogP contribution in [0.1, 0.15) is 85.0 Å². The van der Waals surface area contributed by atoms with Crippen LogP contribution in [0.5, 0.6) is 0 Å². The molecule has 7 atom stereocenters. The molecule has 0 spiro atoms. The van der Waals surface area contributed by atoms with Crippen molar-refractivity contribution in [2.24, 2.45) is 34.5 Å². The monoisotopic (exact) mass is 318 g/mol. The molecule has 4 aliphatic rings. The third-order valence-corrected chi connectivity index (χ3v) is 8.58. The van der Waals surface area contributed by atoms with Crippen molar-refractivity contribution in [3.05, 3.63) is 0 Å². The van der Waals surface area contributed by atoms with Gasteiger partial charge in [-0.3, -0.25) is 4.79 Å². The first-order chi connectivity index (χ1) is 10.9. The van der Waals surface area contributed by atoms with Gasteiger partial charge in [-0.1, -0.05) is 33.1 Å². The van der Waals surface area contributed by atoms with Gasteiger partial charge in [-0.25, -0.2) is 0 Å². The molecule has 0 amide bonds. The maximum Gasteiger partial charge on any atom is 0.302 e. The maximum absolute atomic E-state index is 11.8. The maximum atomic E-state index is 11.8.